The molecule has 3 rings (SSSR count). The molecule has 0 bridgehead atoms. The first-order valence-corrected chi connectivity index (χ1v) is 8.26. The lowest BCUT2D eigenvalue weighted by atomic mass is 10.0. The number of nitrogens with one attached hydrogen (secondary N) is 1. The van der Waals surface area contributed by atoms with Crippen molar-refractivity contribution in [1.82, 2.24) is 10.2 Å². The number of hydrogen-bond donors (Lipinski definition) is 1. The monoisotopic (exact) mass is 340 g/mol. The molecule has 0 spiro atoms. The summed E-state index contributed by atoms with van der Waals surface area (Å²) in [5.41, 5.74) is 0.695. The highest BCUT2D eigenvalue weighted by Crippen LogP contribution is 2.27. The Hall–Kier alpha value is -2.89. The summed E-state index contributed by atoms with van der Waals surface area (Å²) in [6.07, 6.45) is 1.92. The van der Waals surface area contributed by atoms with Crippen LogP contribution in [0, 0.1) is 5.92 Å². The first kappa shape index (κ1) is 17.0. The molecular weight excluding hydrogens is 320 g/mol. The molecule has 6 heteroatoms. The molecule has 0 aliphatic carbocycles. The van der Waals surface area contributed by atoms with Gasteiger partial charge in [-0.25, -0.2) is 0 Å². The van der Waals surface area contributed by atoms with E-state index in [0.29, 0.717) is 23.3 Å². The highest BCUT2D eigenvalue weighted by atomic mass is 16.3. The lowest BCUT2D eigenvalue weighted by Crippen LogP contribution is -2.50. The highest BCUT2D eigenvalue weighted by molar-refractivity contribution is 6.22. The predicted octanol–water partition coefficient (Wildman–Crippen LogP) is 2.61. The molecule has 1 atom stereocenters. The van der Waals surface area contributed by atoms with Gasteiger partial charge in [-0.2, -0.15) is 0 Å². The molecule has 1 N–H and O–H groups in total. The van der Waals surface area contributed by atoms with E-state index in [9.17, 15) is 14.4 Å². The van der Waals surface area contributed by atoms with Gasteiger partial charge in [0.25, 0.3) is 11.8 Å². The number of carbonyl (C=O) groups excluding carboxylic acids is 3. The third-order valence-corrected chi connectivity index (χ3v) is 4.15. The Labute approximate surface area is 145 Å². The summed E-state index contributed by atoms with van der Waals surface area (Å²) >= 11 is 0. The number of nitrogens with zero attached hydrogens (tertiary/aromatic N) is 1. The van der Waals surface area contributed by atoms with Crippen molar-refractivity contribution in [2.24, 2.45) is 5.92 Å². The normalized spacial score (nSPS) is 14.8. The minimum absolute atomic E-state index is 0.142. The fourth-order valence-corrected chi connectivity index (χ4v) is 2.97. The van der Waals surface area contributed by atoms with Crippen LogP contribution < -0.4 is 5.32 Å². The van der Waals surface area contributed by atoms with E-state index >= 15 is 0 Å². The van der Waals surface area contributed by atoms with Gasteiger partial charge in [0.15, 0.2) is 0 Å². The van der Waals surface area contributed by atoms with Crippen LogP contribution in [0.4, 0.5) is 0 Å². The molecule has 3 amide bonds. The maximum Gasteiger partial charge on any atom is 0.262 e. The van der Waals surface area contributed by atoms with Crippen molar-refractivity contribution in [3.63, 3.8) is 0 Å². The lowest BCUT2D eigenvalue weighted by Gasteiger charge is -2.26. The van der Waals surface area contributed by atoms with E-state index in [0.717, 1.165) is 4.90 Å². The molecule has 6 nitrogen and oxygen atoms in total. The summed E-state index contributed by atoms with van der Waals surface area (Å²) in [6, 6.07) is 9.29. The second kappa shape index (κ2) is 6.93. The van der Waals surface area contributed by atoms with Crippen molar-refractivity contribution >= 4 is 17.7 Å². The van der Waals surface area contributed by atoms with Gasteiger partial charge in [0.1, 0.15) is 11.8 Å². The number of carbonyl (C=O) groups is 3. The molecule has 1 aliphatic rings. The van der Waals surface area contributed by atoms with Gasteiger partial charge >= 0.3 is 0 Å². The van der Waals surface area contributed by atoms with Crippen LogP contribution >= 0.6 is 0 Å². The molecule has 130 valence electrons. The SMILES string of the molecule is CC(C)C[C@@H](C(=O)NCc1ccco1)N1C(=O)c2ccccc2C1=O. The first-order valence-electron chi connectivity index (χ1n) is 8.26. The van der Waals surface area contributed by atoms with E-state index in [1.165, 1.54) is 6.26 Å². The topological polar surface area (TPSA) is 79.6 Å². The molecule has 2 aromatic rings. The average molecular weight is 340 g/mol. The highest BCUT2D eigenvalue weighted by Gasteiger charge is 2.42. The van der Waals surface area contributed by atoms with Gasteiger partial charge in [-0.15, -0.1) is 0 Å². The van der Waals surface area contributed by atoms with Crippen LogP contribution in [-0.2, 0) is 11.3 Å². The maximum absolute atomic E-state index is 12.7. The third kappa shape index (κ3) is 3.33. The molecule has 1 aliphatic heterocycles. The van der Waals surface area contributed by atoms with E-state index < -0.39 is 17.9 Å². The number of rotatable bonds is 6. The van der Waals surface area contributed by atoms with Crippen LogP contribution in [0.15, 0.2) is 47.1 Å². The second-order valence-electron chi connectivity index (χ2n) is 6.47. The van der Waals surface area contributed by atoms with Gasteiger partial charge < -0.3 is 9.73 Å². The van der Waals surface area contributed by atoms with Gasteiger partial charge in [-0.3, -0.25) is 19.3 Å². The smallest absolute Gasteiger partial charge is 0.262 e. The Morgan fingerprint density at radius 1 is 1.08 bits per heavy atom. The fraction of sp³-hybridized carbons (Fsp3) is 0.316. The van der Waals surface area contributed by atoms with E-state index in [-0.39, 0.29) is 18.4 Å². The second-order valence-corrected chi connectivity index (χ2v) is 6.47. The lowest BCUT2D eigenvalue weighted by molar-refractivity contribution is -0.125. The molecule has 0 saturated carbocycles. The Morgan fingerprint density at radius 3 is 2.24 bits per heavy atom. The first-order chi connectivity index (χ1) is 12.0. The van der Waals surface area contributed by atoms with Crippen molar-refractivity contribution in [2.75, 3.05) is 0 Å². The fourth-order valence-electron chi connectivity index (χ4n) is 2.97. The molecule has 2 heterocycles. The number of amides is 3. The average Bonchev–Trinajstić information content (AvgIpc) is 3.19. The van der Waals surface area contributed by atoms with E-state index in [4.69, 9.17) is 4.42 Å². The summed E-state index contributed by atoms with van der Waals surface area (Å²) in [5, 5.41) is 2.76. The zero-order chi connectivity index (χ0) is 18.0. The summed E-state index contributed by atoms with van der Waals surface area (Å²) in [5.74, 6) is -0.443. The number of fused-ring (bicyclic) bond motifs is 1. The molecule has 0 radical (unpaired) electrons. The van der Waals surface area contributed by atoms with E-state index in [1.54, 1.807) is 36.4 Å². The Morgan fingerprint density at radius 2 is 1.72 bits per heavy atom. The Bertz CT molecular complexity index is 761. The van der Waals surface area contributed by atoms with E-state index in [1.807, 2.05) is 13.8 Å². The van der Waals surface area contributed by atoms with Crippen molar-refractivity contribution < 1.29 is 18.8 Å². The summed E-state index contributed by atoms with van der Waals surface area (Å²) in [6.45, 7) is 4.11. The van der Waals surface area contributed by atoms with Crippen LogP contribution in [0.3, 0.4) is 0 Å². The third-order valence-electron chi connectivity index (χ3n) is 4.15. The van der Waals surface area contributed by atoms with Crippen LogP contribution in [0.1, 0.15) is 46.7 Å². The van der Waals surface area contributed by atoms with Gasteiger partial charge in [-0.1, -0.05) is 26.0 Å². The molecule has 1 aromatic carbocycles. The molecular formula is C19H20N2O4. The molecule has 0 fully saturated rings. The standard InChI is InChI=1S/C19H20N2O4/c1-12(2)10-16(17(22)20-11-13-6-5-9-25-13)21-18(23)14-7-3-4-8-15(14)19(21)24/h3-9,12,16H,10-11H2,1-2H3,(H,20,22)/t16-/m0/s1. The zero-order valence-electron chi connectivity index (χ0n) is 14.2. The summed E-state index contributed by atoms with van der Waals surface area (Å²) < 4.78 is 5.20. The number of furan rings is 1. The molecule has 1 aromatic heterocycles. The van der Waals surface area contributed by atoms with Gasteiger partial charge in [0.05, 0.1) is 23.9 Å². The van der Waals surface area contributed by atoms with Crippen LogP contribution in [-0.4, -0.2) is 28.7 Å². The van der Waals surface area contributed by atoms with Crippen molar-refractivity contribution in [3.05, 3.63) is 59.5 Å². The predicted molar refractivity (Wildman–Crippen MR) is 90.7 cm³/mol. The Balaban J connectivity index is 1.82. The van der Waals surface area contributed by atoms with E-state index in [2.05, 4.69) is 5.32 Å². The molecule has 0 unspecified atom stereocenters. The summed E-state index contributed by atoms with van der Waals surface area (Å²) in [4.78, 5) is 39.1. The number of benzene rings is 1. The van der Waals surface area contributed by atoms with Crippen LogP contribution in [0.2, 0.25) is 0 Å². The van der Waals surface area contributed by atoms with Crippen LogP contribution in [0.5, 0.6) is 0 Å². The summed E-state index contributed by atoms with van der Waals surface area (Å²) in [7, 11) is 0. The molecule has 0 saturated heterocycles. The number of hydrogen-bond acceptors (Lipinski definition) is 4. The Kier molecular flexibility index (Phi) is 4.70. The van der Waals surface area contributed by atoms with Crippen LogP contribution in [0.25, 0.3) is 0 Å². The van der Waals surface area contributed by atoms with Crippen molar-refractivity contribution in [1.29, 1.82) is 0 Å². The van der Waals surface area contributed by atoms with Gasteiger partial charge in [0.2, 0.25) is 5.91 Å². The number of imide groups is 1. The van der Waals surface area contributed by atoms with Gasteiger partial charge in [0, 0.05) is 0 Å². The minimum atomic E-state index is -0.845. The quantitative estimate of drug-likeness (QED) is 0.820. The van der Waals surface area contributed by atoms with Crippen molar-refractivity contribution in [2.45, 2.75) is 32.9 Å². The molecule has 25 heavy (non-hydrogen) atoms. The van der Waals surface area contributed by atoms with Gasteiger partial charge in [-0.05, 0) is 36.6 Å². The minimum Gasteiger partial charge on any atom is -0.467 e. The maximum atomic E-state index is 12.7. The zero-order valence-corrected chi connectivity index (χ0v) is 14.2. The van der Waals surface area contributed by atoms with Crippen molar-refractivity contribution in [3.8, 4) is 0 Å². The largest absolute Gasteiger partial charge is 0.467 e.